The number of rotatable bonds is 10. The SMILES string of the molecule is CCCCCON(C=O)CCCCC. The Balaban J connectivity index is 3.33. The van der Waals surface area contributed by atoms with Gasteiger partial charge in [-0.15, -0.1) is 0 Å². The van der Waals surface area contributed by atoms with Crippen LogP contribution in [0.25, 0.3) is 0 Å². The maximum Gasteiger partial charge on any atom is 0.233 e. The van der Waals surface area contributed by atoms with Crippen LogP contribution in [0, 0.1) is 0 Å². The van der Waals surface area contributed by atoms with Crippen LogP contribution in [0.3, 0.4) is 0 Å². The molecule has 0 saturated carbocycles. The van der Waals surface area contributed by atoms with Crippen LogP contribution in [0.15, 0.2) is 0 Å². The van der Waals surface area contributed by atoms with E-state index in [9.17, 15) is 4.79 Å². The monoisotopic (exact) mass is 201 g/mol. The highest BCUT2D eigenvalue weighted by molar-refractivity contribution is 5.44. The molecule has 3 nitrogen and oxygen atoms in total. The first-order chi connectivity index (χ1) is 6.85. The fourth-order valence-electron chi connectivity index (χ4n) is 1.20. The van der Waals surface area contributed by atoms with Crippen molar-refractivity contribution in [3.8, 4) is 0 Å². The summed E-state index contributed by atoms with van der Waals surface area (Å²) in [5, 5.41) is 1.42. The van der Waals surface area contributed by atoms with Crippen molar-refractivity contribution in [2.24, 2.45) is 0 Å². The summed E-state index contributed by atoms with van der Waals surface area (Å²) in [6, 6.07) is 0. The summed E-state index contributed by atoms with van der Waals surface area (Å²) < 4.78 is 0. The lowest BCUT2D eigenvalue weighted by atomic mass is 10.2. The van der Waals surface area contributed by atoms with Gasteiger partial charge in [-0.1, -0.05) is 39.5 Å². The van der Waals surface area contributed by atoms with Crippen molar-refractivity contribution in [2.45, 2.75) is 52.4 Å². The minimum Gasteiger partial charge on any atom is -0.276 e. The van der Waals surface area contributed by atoms with E-state index in [1.165, 1.54) is 24.3 Å². The molecule has 0 aromatic heterocycles. The maximum absolute atomic E-state index is 10.6. The highest BCUT2D eigenvalue weighted by atomic mass is 16.7. The highest BCUT2D eigenvalue weighted by Gasteiger charge is 2.00. The van der Waals surface area contributed by atoms with E-state index in [4.69, 9.17) is 4.84 Å². The molecule has 0 aliphatic rings. The number of unbranched alkanes of at least 4 members (excludes halogenated alkanes) is 4. The van der Waals surface area contributed by atoms with Gasteiger partial charge in [-0.05, 0) is 12.8 Å². The van der Waals surface area contributed by atoms with Crippen LogP contribution in [0.4, 0.5) is 0 Å². The lowest BCUT2D eigenvalue weighted by molar-refractivity contribution is -0.172. The van der Waals surface area contributed by atoms with Gasteiger partial charge in [-0.3, -0.25) is 9.63 Å². The average Bonchev–Trinajstić information content (AvgIpc) is 2.22. The van der Waals surface area contributed by atoms with E-state index in [0.717, 1.165) is 32.2 Å². The molecule has 0 aromatic rings. The van der Waals surface area contributed by atoms with Crippen LogP contribution in [0.5, 0.6) is 0 Å². The lowest BCUT2D eigenvalue weighted by Gasteiger charge is -2.16. The van der Waals surface area contributed by atoms with Gasteiger partial charge in [-0.25, -0.2) is 5.06 Å². The summed E-state index contributed by atoms with van der Waals surface area (Å²) in [7, 11) is 0. The third-order valence-corrected chi connectivity index (χ3v) is 2.10. The van der Waals surface area contributed by atoms with Crippen LogP contribution in [-0.2, 0) is 9.63 Å². The Morgan fingerprint density at radius 3 is 2.29 bits per heavy atom. The fraction of sp³-hybridized carbons (Fsp3) is 0.909. The zero-order valence-electron chi connectivity index (χ0n) is 9.50. The van der Waals surface area contributed by atoms with E-state index < -0.39 is 0 Å². The molecule has 0 spiro atoms. The van der Waals surface area contributed by atoms with Crippen LogP contribution in [0.2, 0.25) is 0 Å². The molecule has 0 aromatic carbocycles. The van der Waals surface area contributed by atoms with Gasteiger partial charge in [0.2, 0.25) is 6.41 Å². The Kier molecular flexibility index (Phi) is 10.1. The number of hydrogen-bond acceptors (Lipinski definition) is 2. The zero-order valence-corrected chi connectivity index (χ0v) is 9.50. The third-order valence-electron chi connectivity index (χ3n) is 2.10. The third kappa shape index (κ3) is 8.05. The molecule has 3 heteroatoms. The molecule has 0 fully saturated rings. The smallest absolute Gasteiger partial charge is 0.233 e. The van der Waals surface area contributed by atoms with E-state index in [-0.39, 0.29) is 0 Å². The number of carbonyl (C=O) groups excluding carboxylic acids is 1. The van der Waals surface area contributed by atoms with Gasteiger partial charge in [0.25, 0.3) is 0 Å². The second-order valence-electron chi connectivity index (χ2n) is 3.49. The number of carbonyl (C=O) groups is 1. The Labute approximate surface area is 87.4 Å². The van der Waals surface area contributed by atoms with Crippen LogP contribution in [-0.4, -0.2) is 24.6 Å². The molecule has 0 radical (unpaired) electrons. The summed E-state index contributed by atoms with van der Waals surface area (Å²) in [5.74, 6) is 0. The maximum atomic E-state index is 10.6. The topological polar surface area (TPSA) is 29.5 Å². The first-order valence-electron chi connectivity index (χ1n) is 5.70. The average molecular weight is 201 g/mol. The Morgan fingerprint density at radius 1 is 1.07 bits per heavy atom. The quantitative estimate of drug-likeness (QED) is 0.309. The molecule has 0 unspecified atom stereocenters. The van der Waals surface area contributed by atoms with E-state index >= 15 is 0 Å². The van der Waals surface area contributed by atoms with Gasteiger partial charge in [0, 0.05) is 6.54 Å². The molecule has 0 aliphatic heterocycles. The van der Waals surface area contributed by atoms with Gasteiger partial charge in [0.15, 0.2) is 0 Å². The second-order valence-corrected chi connectivity index (χ2v) is 3.49. The van der Waals surface area contributed by atoms with Crippen LogP contribution in [0.1, 0.15) is 52.4 Å². The molecule has 0 aliphatic carbocycles. The van der Waals surface area contributed by atoms with Crippen molar-refractivity contribution in [3.05, 3.63) is 0 Å². The van der Waals surface area contributed by atoms with Gasteiger partial charge in [-0.2, -0.15) is 0 Å². The van der Waals surface area contributed by atoms with E-state index in [0.29, 0.717) is 6.61 Å². The minimum atomic E-state index is 0.665. The molecule has 0 atom stereocenters. The molecular weight excluding hydrogens is 178 g/mol. The molecule has 84 valence electrons. The predicted octanol–water partition coefficient (Wildman–Crippen LogP) is 2.76. The van der Waals surface area contributed by atoms with Gasteiger partial charge < -0.3 is 0 Å². The minimum absolute atomic E-state index is 0.665. The summed E-state index contributed by atoms with van der Waals surface area (Å²) in [4.78, 5) is 15.9. The predicted molar refractivity (Wildman–Crippen MR) is 57.8 cm³/mol. The largest absolute Gasteiger partial charge is 0.276 e. The van der Waals surface area contributed by atoms with Crippen LogP contribution < -0.4 is 0 Å². The van der Waals surface area contributed by atoms with E-state index in [1.807, 2.05) is 0 Å². The molecule has 0 bridgehead atoms. The van der Waals surface area contributed by atoms with Gasteiger partial charge >= 0.3 is 0 Å². The molecular formula is C11H23NO2. The fourth-order valence-corrected chi connectivity index (χ4v) is 1.20. The van der Waals surface area contributed by atoms with Crippen molar-refractivity contribution in [2.75, 3.05) is 13.2 Å². The standard InChI is InChI=1S/C11H23NO2/c1-3-5-7-9-12(11-13)14-10-8-6-4-2/h11H,3-10H2,1-2H3. The van der Waals surface area contributed by atoms with Crippen LogP contribution >= 0.6 is 0 Å². The van der Waals surface area contributed by atoms with Crippen molar-refractivity contribution < 1.29 is 9.63 Å². The van der Waals surface area contributed by atoms with Gasteiger partial charge in [0.1, 0.15) is 0 Å². The molecule has 1 amide bonds. The van der Waals surface area contributed by atoms with Gasteiger partial charge in [0.05, 0.1) is 6.61 Å². The summed E-state index contributed by atoms with van der Waals surface area (Å²) in [5.41, 5.74) is 0. The number of hydrogen-bond donors (Lipinski definition) is 0. The summed E-state index contributed by atoms with van der Waals surface area (Å²) >= 11 is 0. The Bertz CT molecular complexity index is 128. The first-order valence-corrected chi connectivity index (χ1v) is 5.70. The first kappa shape index (κ1) is 13.4. The zero-order chi connectivity index (χ0) is 10.6. The van der Waals surface area contributed by atoms with Crippen molar-refractivity contribution >= 4 is 6.41 Å². The lowest BCUT2D eigenvalue weighted by Crippen LogP contribution is -2.24. The highest BCUT2D eigenvalue weighted by Crippen LogP contribution is 1.99. The molecule has 0 saturated heterocycles. The second kappa shape index (κ2) is 10.5. The number of hydroxylamine groups is 2. The Hall–Kier alpha value is -0.570. The number of amides is 1. The van der Waals surface area contributed by atoms with Crippen molar-refractivity contribution in [3.63, 3.8) is 0 Å². The molecule has 14 heavy (non-hydrogen) atoms. The molecule has 0 N–H and O–H groups in total. The van der Waals surface area contributed by atoms with Crippen molar-refractivity contribution in [1.82, 2.24) is 5.06 Å². The summed E-state index contributed by atoms with van der Waals surface area (Å²) in [6.45, 7) is 5.69. The van der Waals surface area contributed by atoms with E-state index in [1.54, 1.807) is 0 Å². The number of nitrogens with zero attached hydrogens (tertiary/aromatic N) is 1. The van der Waals surface area contributed by atoms with Crippen molar-refractivity contribution in [1.29, 1.82) is 0 Å². The molecule has 0 heterocycles. The normalized spacial score (nSPS) is 10.1. The van der Waals surface area contributed by atoms with E-state index in [2.05, 4.69) is 13.8 Å². The summed E-state index contributed by atoms with van der Waals surface area (Å²) in [6.07, 6.45) is 7.52. The molecule has 0 rings (SSSR count). The Morgan fingerprint density at radius 2 is 1.71 bits per heavy atom.